The van der Waals surface area contributed by atoms with E-state index in [4.69, 9.17) is 4.74 Å². The standard InChI is InChI=1S/C11H13NO3/c1-12-4-3-7-5-10(15-2)9(13)6-8(7)11(12)14/h3-6,11,13-14H,1-2H3/t11-/m0/s1. The zero-order valence-corrected chi connectivity index (χ0v) is 8.64. The van der Waals surface area contributed by atoms with Crippen LogP contribution in [0.5, 0.6) is 11.5 Å². The Labute approximate surface area is 88.0 Å². The van der Waals surface area contributed by atoms with Gasteiger partial charge in [0, 0.05) is 18.8 Å². The number of aromatic hydroxyl groups is 1. The highest BCUT2D eigenvalue weighted by atomic mass is 16.5. The monoisotopic (exact) mass is 207 g/mol. The number of methoxy groups -OCH3 is 1. The van der Waals surface area contributed by atoms with Crippen LogP contribution in [0.1, 0.15) is 17.4 Å². The molecule has 0 amide bonds. The fraction of sp³-hybridized carbons (Fsp3) is 0.273. The molecule has 2 N–H and O–H groups in total. The van der Waals surface area contributed by atoms with E-state index in [0.29, 0.717) is 11.3 Å². The van der Waals surface area contributed by atoms with Crippen LogP contribution in [0, 0.1) is 0 Å². The number of hydrogen-bond donors (Lipinski definition) is 2. The van der Waals surface area contributed by atoms with Crippen molar-refractivity contribution in [2.75, 3.05) is 14.2 Å². The molecule has 0 spiro atoms. The Bertz CT molecular complexity index is 415. The van der Waals surface area contributed by atoms with Gasteiger partial charge >= 0.3 is 0 Å². The summed E-state index contributed by atoms with van der Waals surface area (Å²) in [5.74, 6) is 0.453. The second-order valence-electron chi connectivity index (χ2n) is 3.51. The zero-order valence-electron chi connectivity index (χ0n) is 8.64. The first-order valence-electron chi connectivity index (χ1n) is 4.62. The Morgan fingerprint density at radius 3 is 2.80 bits per heavy atom. The molecular formula is C11H13NO3. The Morgan fingerprint density at radius 1 is 1.40 bits per heavy atom. The maximum Gasteiger partial charge on any atom is 0.161 e. The molecule has 0 bridgehead atoms. The molecule has 80 valence electrons. The van der Waals surface area contributed by atoms with Crippen molar-refractivity contribution in [3.8, 4) is 11.5 Å². The molecule has 15 heavy (non-hydrogen) atoms. The first-order valence-corrected chi connectivity index (χ1v) is 4.62. The minimum absolute atomic E-state index is 0.0407. The van der Waals surface area contributed by atoms with Crippen molar-refractivity contribution in [3.63, 3.8) is 0 Å². The van der Waals surface area contributed by atoms with Gasteiger partial charge in [-0.15, -0.1) is 0 Å². The fourth-order valence-corrected chi connectivity index (χ4v) is 1.63. The first-order chi connectivity index (χ1) is 7.13. The van der Waals surface area contributed by atoms with E-state index in [1.54, 1.807) is 24.2 Å². The molecule has 0 aromatic heterocycles. The first kappa shape index (κ1) is 9.86. The molecule has 4 heteroatoms. The predicted molar refractivity (Wildman–Crippen MR) is 56.4 cm³/mol. The molecule has 0 radical (unpaired) electrons. The Hall–Kier alpha value is -1.68. The number of hydrogen-bond acceptors (Lipinski definition) is 4. The molecule has 2 rings (SSSR count). The van der Waals surface area contributed by atoms with E-state index < -0.39 is 6.23 Å². The minimum atomic E-state index is -0.721. The third kappa shape index (κ3) is 1.53. The Kier molecular flexibility index (Phi) is 2.28. The Balaban J connectivity index is 2.54. The number of fused-ring (bicyclic) bond motifs is 1. The van der Waals surface area contributed by atoms with E-state index >= 15 is 0 Å². The van der Waals surface area contributed by atoms with Crippen molar-refractivity contribution >= 4 is 6.08 Å². The fourth-order valence-electron chi connectivity index (χ4n) is 1.63. The molecule has 0 saturated carbocycles. The van der Waals surface area contributed by atoms with Gasteiger partial charge < -0.3 is 19.8 Å². The maximum atomic E-state index is 9.84. The maximum absolute atomic E-state index is 9.84. The highest BCUT2D eigenvalue weighted by Gasteiger charge is 2.20. The summed E-state index contributed by atoms with van der Waals surface area (Å²) >= 11 is 0. The predicted octanol–water partition coefficient (Wildman–Crippen LogP) is 1.31. The number of phenols is 1. The normalized spacial score (nSPS) is 18.9. The molecule has 1 aliphatic rings. The second kappa shape index (κ2) is 3.47. The molecule has 4 nitrogen and oxygen atoms in total. The smallest absolute Gasteiger partial charge is 0.161 e. The van der Waals surface area contributed by atoms with Crippen LogP contribution in [0.4, 0.5) is 0 Å². The molecule has 0 fully saturated rings. The van der Waals surface area contributed by atoms with Gasteiger partial charge in [-0.05, 0) is 23.8 Å². The average molecular weight is 207 g/mol. The molecule has 1 aromatic carbocycles. The SMILES string of the molecule is COc1cc2c(cc1O)[C@H](O)N(C)C=C2. The molecule has 1 atom stereocenters. The lowest BCUT2D eigenvalue weighted by molar-refractivity contribution is 0.0524. The lowest BCUT2D eigenvalue weighted by atomic mass is 10.0. The van der Waals surface area contributed by atoms with Crippen LogP contribution in [0.15, 0.2) is 18.3 Å². The van der Waals surface area contributed by atoms with Gasteiger partial charge in [-0.2, -0.15) is 0 Å². The van der Waals surface area contributed by atoms with Gasteiger partial charge in [0.25, 0.3) is 0 Å². The van der Waals surface area contributed by atoms with Crippen LogP contribution >= 0.6 is 0 Å². The summed E-state index contributed by atoms with van der Waals surface area (Å²) in [4.78, 5) is 1.66. The lowest BCUT2D eigenvalue weighted by Crippen LogP contribution is -2.21. The van der Waals surface area contributed by atoms with Gasteiger partial charge in [0.15, 0.2) is 17.7 Å². The van der Waals surface area contributed by atoms with Gasteiger partial charge in [-0.1, -0.05) is 0 Å². The third-order valence-electron chi connectivity index (χ3n) is 2.54. The molecule has 1 aliphatic heterocycles. The summed E-state index contributed by atoms with van der Waals surface area (Å²) in [5, 5.41) is 19.4. The topological polar surface area (TPSA) is 52.9 Å². The van der Waals surface area contributed by atoms with Gasteiger partial charge in [-0.3, -0.25) is 0 Å². The van der Waals surface area contributed by atoms with E-state index in [-0.39, 0.29) is 5.75 Å². The van der Waals surface area contributed by atoms with Gasteiger partial charge in [0.05, 0.1) is 7.11 Å². The second-order valence-corrected chi connectivity index (χ2v) is 3.51. The van der Waals surface area contributed by atoms with Crippen LogP contribution in [-0.4, -0.2) is 29.3 Å². The van der Waals surface area contributed by atoms with E-state index in [1.807, 2.05) is 6.08 Å². The summed E-state index contributed by atoms with van der Waals surface area (Å²) in [6.45, 7) is 0. The number of rotatable bonds is 1. The van der Waals surface area contributed by atoms with Crippen molar-refractivity contribution < 1.29 is 14.9 Å². The highest BCUT2D eigenvalue weighted by molar-refractivity contribution is 5.62. The Morgan fingerprint density at radius 2 is 2.13 bits per heavy atom. The van der Waals surface area contributed by atoms with Crippen molar-refractivity contribution in [2.24, 2.45) is 0 Å². The zero-order chi connectivity index (χ0) is 11.0. The minimum Gasteiger partial charge on any atom is -0.504 e. The number of benzene rings is 1. The number of nitrogens with zero attached hydrogens (tertiary/aromatic N) is 1. The molecule has 1 heterocycles. The molecule has 0 unspecified atom stereocenters. The van der Waals surface area contributed by atoms with Crippen LogP contribution in [0.2, 0.25) is 0 Å². The van der Waals surface area contributed by atoms with Crippen LogP contribution < -0.4 is 4.74 Å². The molecule has 0 aliphatic carbocycles. The highest BCUT2D eigenvalue weighted by Crippen LogP contribution is 2.35. The van der Waals surface area contributed by atoms with Gasteiger partial charge in [0.1, 0.15) is 0 Å². The summed E-state index contributed by atoms with van der Waals surface area (Å²) in [6.07, 6.45) is 2.93. The average Bonchev–Trinajstić information content (AvgIpc) is 2.24. The molecule has 0 saturated heterocycles. The quantitative estimate of drug-likeness (QED) is 0.729. The summed E-state index contributed by atoms with van der Waals surface area (Å²) in [6, 6.07) is 3.23. The van der Waals surface area contributed by atoms with Crippen molar-refractivity contribution in [1.29, 1.82) is 0 Å². The van der Waals surface area contributed by atoms with Crippen molar-refractivity contribution in [1.82, 2.24) is 4.90 Å². The summed E-state index contributed by atoms with van der Waals surface area (Å²) in [5.41, 5.74) is 1.54. The van der Waals surface area contributed by atoms with Crippen LogP contribution in [0.25, 0.3) is 6.08 Å². The summed E-state index contributed by atoms with van der Waals surface area (Å²) < 4.78 is 4.99. The van der Waals surface area contributed by atoms with E-state index in [2.05, 4.69) is 0 Å². The van der Waals surface area contributed by atoms with Crippen LogP contribution in [0.3, 0.4) is 0 Å². The third-order valence-corrected chi connectivity index (χ3v) is 2.54. The van der Waals surface area contributed by atoms with E-state index in [0.717, 1.165) is 5.56 Å². The van der Waals surface area contributed by atoms with Gasteiger partial charge in [-0.25, -0.2) is 0 Å². The largest absolute Gasteiger partial charge is 0.504 e. The van der Waals surface area contributed by atoms with E-state index in [1.165, 1.54) is 13.2 Å². The lowest BCUT2D eigenvalue weighted by Gasteiger charge is -2.27. The van der Waals surface area contributed by atoms with Crippen molar-refractivity contribution in [2.45, 2.75) is 6.23 Å². The van der Waals surface area contributed by atoms with Crippen LogP contribution in [-0.2, 0) is 0 Å². The van der Waals surface area contributed by atoms with E-state index in [9.17, 15) is 10.2 Å². The molecule has 1 aromatic rings. The van der Waals surface area contributed by atoms with Gasteiger partial charge in [0.2, 0.25) is 0 Å². The number of phenolic OH excluding ortho intramolecular Hbond substituents is 1. The number of aliphatic hydroxyl groups is 1. The summed E-state index contributed by atoms with van der Waals surface area (Å²) in [7, 11) is 3.27. The number of aliphatic hydroxyl groups excluding tert-OH is 1. The number of ether oxygens (including phenoxy) is 1. The molecular weight excluding hydrogens is 194 g/mol. The van der Waals surface area contributed by atoms with Crippen molar-refractivity contribution in [3.05, 3.63) is 29.5 Å².